The molecule has 21 heavy (non-hydrogen) atoms. The number of methoxy groups -OCH3 is 1. The monoisotopic (exact) mass is 299 g/mol. The molecule has 0 amide bonds. The Hall–Kier alpha value is -2.51. The molecule has 1 rings (SSSR count). The molecule has 116 valence electrons. The Bertz CT molecular complexity index is 489. The molecule has 0 aliphatic carbocycles. The molecule has 0 spiro atoms. The number of carbonyl (C=O) groups is 1. The predicted molar refractivity (Wildman–Crippen MR) is 71.7 cm³/mol. The van der Waals surface area contributed by atoms with Crippen molar-refractivity contribution in [2.24, 2.45) is 0 Å². The van der Waals surface area contributed by atoms with Gasteiger partial charge in [0.05, 0.1) is 25.9 Å². The molecule has 0 radical (unpaired) electrons. The average Bonchev–Trinajstić information content (AvgIpc) is 2.46. The summed E-state index contributed by atoms with van der Waals surface area (Å²) < 4.78 is 9.94. The van der Waals surface area contributed by atoms with E-state index in [-0.39, 0.29) is 30.3 Å². The Morgan fingerprint density at radius 1 is 1.29 bits per heavy atom. The number of phenolic OH excluding ortho intramolecular Hbond substituents is 1. The van der Waals surface area contributed by atoms with Crippen molar-refractivity contribution in [3.05, 3.63) is 33.9 Å². The van der Waals surface area contributed by atoms with Crippen LogP contribution in [0.25, 0.3) is 0 Å². The molecule has 8 heteroatoms. The number of esters is 1. The highest BCUT2D eigenvalue weighted by Gasteiger charge is 2.10. The lowest BCUT2D eigenvalue weighted by molar-refractivity contribution is -0.757. The number of nitrogens with zero attached hydrogens (tertiary/aromatic N) is 1. The second-order valence-corrected chi connectivity index (χ2v) is 4.14. The number of hydrogen-bond donors (Lipinski definition) is 1. The summed E-state index contributed by atoms with van der Waals surface area (Å²) in [5.74, 6) is -0.379. The topological polar surface area (TPSA) is 108 Å². The van der Waals surface area contributed by atoms with Gasteiger partial charge < -0.3 is 19.4 Å². The lowest BCUT2D eigenvalue weighted by Gasteiger charge is -2.07. The van der Waals surface area contributed by atoms with Gasteiger partial charge in [-0.05, 0) is 37.5 Å². The van der Waals surface area contributed by atoms with E-state index in [0.717, 1.165) is 0 Å². The van der Waals surface area contributed by atoms with E-state index in [4.69, 9.17) is 9.47 Å². The molecular formula is C13H17NO7. The van der Waals surface area contributed by atoms with Crippen molar-refractivity contribution in [1.82, 2.24) is 0 Å². The van der Waals surface area contributed by atoms with E-state index in [2.05, 4.69) is 4.84 Å². The summed E-state index contributed by atoms with van der Waals surface area (Å²) >= 11 is 0. The quantitative estimate of drug-likeness (QED) is 0.321. The fourth-order valence-corrected chi connectivity index (χ4v) is 1.57. The van der Waals surface area contributed by atoms with Crippen molar-refractivity contribution in [2.75, 3.05) is 20.3 Å². The molecule has 0 bridgehead atoms. The van der Waals surface area contributed by atoms with Crippen molar-refractivity contribution in [2.45, 2.75) is 19.3 Å². The summed E-state index contributed by atoms with van der Waals surface area (Å²) in [6.07, 6.45) is 1.76. The molecule has 0 saturated heterocycles. The maximum Gasteiger partial charge on any atom is 0.338 e. The van der Waals surface area contributed by atoms with Crippen molar-refractivity contribution < 1.29 is 29.3 Å². The maximum absolute atomic E-state index is 11.7. The van der Waals surface area contributed by atoms with Gasteiger partial charge in [0, 0.05) is 0 Å². The predicted octanol–water partition coefficient (Wildman–Crippen LogP) is 1.94. The van der Waals surface area contributed by atoms with E-state index < -0.39 is 11.1 Å². The average molecular weight is 299 g/mol. The van der Waals surface area contributed by atoms with Crippen LogP contribution in [0.4, 0.5) is 0 Å². The van der Waals surface area contributed by atoms with Crippen LogP contribution in [-0.2, 0) is 9.57 Å². The zero-order valence-corrected chi connectivity index (χ0v) is 11.6. The van der Waals surface area contributed by atoms with Gasteiger partial charge in [-0.15, -0.1) is 10.1 Å². The van der Waals surface area contributed by atoms with Crippen molar-refractivity contribution in [3.63, 3.8) is 0 Å². The minimum atomic E-state index is -0.835. The third-order valence-corrected chi connectivity index (χ3v) is 2.63. The van der Waals surface area contributed by atoms with Crippen LogP contribution in [0.5, 0.6) is 11.5 Å². The van der Waals surface area contributed by atoms with Crippen molar-refractivity contribution in [3.8, 4) is 11.5 Å². The molecule has 8 nitrogen and oxygen atoms in total. The zero-order valence-electron chi connectivity index (χ0n) is 11.6. The van der Waals surface area contributed by atoms with E-state index in [9.17, 15) is 20.0 Å². The van der Waals surface area contributed by atoms with Gasteiger partial charge in [-0.3, -0.25) is 0 Å². The first kappa shape index (κ1) is 16.5. The van der Waals surface area contributed by atoms with Crippen LogP contribution in [0, 0.1) is 10.1 Å². The first-order valence-corrected chi connectivity index (χ1v) is 6.36. The van der Waals surface area contributed by atoms with E-state index in [1.807, 2.05) is 0 Å². The molecule has 0 unspecified atom stereocenters. The molecule has 0 atom stereocenters. The highest BCUT2D eigenvalue weighted by atomic mass is 16.9. The van der Waals surface area contributed by atoms with Gasteiger partial charge in [0.15, 0.2) is 11.5 Å². The second kappa shape index (κ2) is 8.62. The van der Waals surface area contributed by atoms with Crippen LogP contribution in [-0.4, -0.2) is 36.5 Å². The lowest BCUT2D eigenvalue weighted by atomic mass is 10.2. The smallest absolute Gasteiger partial charge is 0.338 e. The number of rotatable bonds is 9. The number of aromatic hydroxyl groups is 1. The molecule has 1 N–H and O–H groups in total. The summed E-state index contributed by atoms with van der Waals surface area (Å²) in [7, 11) is 1.39. The molecular weight excluding hydrogens is 282 g/mol. The minimum absolute atomic E-state index is 0.0378. The van der Waals surface area contributed by atoms with Crippen LogP contribution >= 0.6 is 0 Å². The van der Waals surface area contributed by atoms with E-state index >= 15 is 0 Å². The zero-order chi connectivity index (χ0) is 15.7. The van der Waals surface area contributed by atoms with Crippen LogP contribution in [0.1, 0.15) is 29.6 Å². The fraction of sp³-hybridized carbons (Fsp3) is 0.462. The van der Waals surface area contributed by atoms with Crippen LogP contribution < -0.4 is 4.74 Å². The molecule has 0 aromatic heterocycles. The first-order chi connectivity index (χ1) is 10.0. The van der Waals surface area contributed by atoms with Crippen molar-refractivity contribution in [1.29, 1.82) is 0 Å². The number of unbranched alkanes of at least 4 members (excludes halogenated alkanes) is 2. The summed E-state index contributed by atoms with van der Waals surface area (Å²) in [6, 6.07) is 4.18. The standard InChI is InChI=1S/C13H17NO7/c1-19-12-9-10(5-6-11(12)15)13(16)20-7-3-2-4-8-21-14(17)18/h5-6,9,15H,2-4,7-8H2,1H3. The molecule has 0 aliphatic rings. The minimum Gasteiger partial charge on any atom is -0.504 e. The van der Waals surface area contributed by atoms with E-state index in [1.54, 1.807) is 0 Å². The van der Waals surface area contributed by atoms with Gasteiger partial charge in [0.1, 0.15) is 0 Å². The van der Waals surface area contributed by atoms with Crippen LogP contribution in [0.3, 0.4) is 0 Å². The fourth-order valence-electron chi connectivity index (χ4n) is 1.57. The lowest BCUT2D eigenvalue weighted by Crippen LogP contribution is -2.07. The molecule has 0 aliphatic heterocycles. The van der Waals surface area contributed by atoms with Gasteiger partial charge in [-0.2, -0.15) is 0 Å². The Balaban J connectivity index is 2.26. The Morgan fingerprint density at radius 3 is 2.67 bits per heavy atom. The largest absolute Gasteiger partial charge is 0.504 e. The number of benzene rings is 1. The molecule has 0 saturated carbocycles. The van der Waals surface area contributed by atoms with Gasteiger partial charge in [-0.1, -0.05) is 0 Å². The summed E-state index contributed by atoms with van der Waals surface area (Å²) in [4.78, 5) is 25.8. The Kier molecular flexibility index (Phi) is 6.79. The molecule has 0 heterocycles. The van der Waals surface area contributed by atoms with Gasteiger partial charge >= 0.3 is 5.97 Å². The van der Waals surface area contributed by atoms with E-state index in [0.29, 0.717) is 19.3 Å². The highest BCUT2D eigenvalue weighted by molar-refractivity contribution is 5.90. The van der Waals surface area contributed by atoms with Crippen LogP contribution in [0.2, 0.25) is 0 Å². The van der Waals surface area contributed by atoms with Crippen LogP contribution in [0.15, 0.2) is 18.2 Å². The summed E-state index contributed by atoms with van der Waals surface area (Å²) in [6.45, 7) is 0.247. The molecule has 0 fully saturated rings. The normalized spacial score (nSPS) is 9.95. The number of ether oxygens (including phenoxy) is 2. The highest BCUT2D eigenvalue weighted by Crippen LogP contribution is 2.26. The first-order valence-electron chi connectivity index (χ1n) is 6.36. The third-order valence-electron chi connectivity index (χ3n) is 2.63. The Morgan fingerprint density at radius 2 is 2.00 bits per heavy atom. The number of phenols is 1. The third kappa shape index (κ3) is 5.98. The number of hydrogen-bond acceptors (Lipinski definition) is 7. The van der Waals surface area contributed by atoms with Gasteiger partial charge in [-0.25, -0.2) is 4.79 Å². The SMILES string of the molecule is COc1cc(C(=O)OCCCCCO[N+](=O)[O-])ccc1O. The number of carbonyl (C=O) groups excluding carboxylic acids is 1. The van der Waals surface area contributed by atoms with Gasteiger partial charge in [0.25, 0.3) is 5.09 Å². The summed E-state index contributed by atoms with van der Waals surface area (Å²) in [5, 5.41) is 18.5. The van der Waals surface area contributed by atoms with Gasteiger partial charge in [0.2, 0.25) is 0 Å². The molecule has 1 aromatic rings. The van der Waals surface area contributed by atoms with Crippen molar-refractivity contribution >= 4 is 5.97 Å². The molecule has 1 aromatic carbocycles. The maximum atomic E-state index is 11.7. The van der Waals surface area contributed by atoms with E-state index in [1.165, 1.54) is 25.3 Å². The Labute approximate surface area is 121 Å². The second-order valence-electron chi connectivity index (χ2n) is 4.14. The summed E-state index contributed by atoms with van der Waals surface area (Å²) in [5.41, 5.74) is 0.279.